The Morgan fingerprint density at radius 1 is 1.05 bits per heavy atom. The third kappa shape index (κ3) is 2.21. The van der Waals surface area contributed by atoms with Crippen molar-refractivity contribution in [3.8, 4) is 21.6 Å². The molecule has 0 fully saturated rings. The van der Waals surface area contributed by atoms with Gasteiger partial charge in [-0.3, -0.25) is 9.78 Å². The number of aromatic nitrogens is 1. The van der Waals surface area contributed by atoms with E-state index in [0.29, 0.717) is 5.56 Å². The van der Waals surface area contributed by atoms with Crippen LogP contribution in [0.25, 0.3) is 21.6 Å². The van der Waals surface area contributed by atoms with Gasteiger partial charge < -0.3 is 5.73 Å². The summed E-state index contributed by atoms with van der Waals surface area (Å²) in [6, 6.07) is 13.4. The molecule has 2 N–H and O–H groups in total. The fourth-order valence-electron chi connectivity index (χ4n) is 2.22. The van der Waals surface area contributed by atoms with Crippen molar-refractivity contribution in [2.45, 2.75) is 0 Å². The molecular weight excluding hydrogens is 268 g/mol. The van der Waals surface area contributed by atoms with Crippen molar-refractivity contribution in [2.75, 3.05) is 0 Å². The van der Waals surface area contributed by atoms with Gasteiger partial charge >= 0.3 is 0 Å². The predicted octanol–water partition coefficient (Wildman–Crippen LogP) is 3.58. The average molecular weight is 280 g/mol. The maximum absolute atomic E-state index is 11.7. The van der Waals surface area contributed by atoms with E-state index in [2.05, 4.69) is 4.98 Å². The second kappa shape index (κ2) is 5.27. The van der Waals surface area contributed by atoms with Gasteiger partial charge in [-0.2, -0.15) is 0 Å². The summed E-state index contributed by atoms with van der Waals surface area (Å²) in [6.07, 6.45) is 3.43. The van der Waals surface area contributed by atoms with Crippen LogP contribution in [0.2, 0.25) is 0 Å². The molecule has 3 nitrogen and oxygen atoms in total. The maximum atomic E-state index is 11.7. The number of carbonyl (C=O) groups excluding carboxylic acids is 1. The van der Waals surface area contributed by atoms with Crippen molar-refractivity contribution in [1.29, 1.82) is 0 Å². The summed E-state index contributed by atoms with van der Waals surface area (Å²) in [5, 5.41) is 2.02. The quantitative estimate of drug-likeness (QED) is 0.797. The minimum atomic E-state index is -0.421. The summed E-state index contributed by atoms with van der Waals surface area (Å²) >= 11 is 1.64. The van der Waals surface area contributed by atoms with Gasteiger partial charge in [-0.25, -0.2) is 0 Å². The Bertz CT molecular complexity index is 736. The predicted molar refractivity (Wildman–Crippen MR) is 81.5 cm³/mol. The molecule has 98 valence electrons. The van der Waals surface area contributed by atoms with Crippen molar-refractivity contribution >= 4 is 17.2 Å². The van der Waals surface area contributed by atoms with Crippen LogP contribution in [0.5, 0.6) is 0 Å². The lowest BCUT2D eigenvalue weighted by Crippen LogP contribution is -2.12. The van der Waals surface area contributed by atoms with E-state index in [1.165, 1.54) is 0 Å². The first-order chi connectivity index (χ1) is 9.77. The second-order valence-electron chi connectivity index (χ2n) is 4.31. The zero-order chi connectivity index (χ0) is 13.9. The number of hydrogen-bond donors (Lipinski definition) is 1. The Balaban J connectivity index is 2.31. The van der Waals surface area contributed by atoms with Crippen LogP contribution in [0.1, 0.15) is 10.4 Å². The van der Waals surface area contributed by atoms with E-state index in [-0.39, 0.29) is 0 Å². The first kappa shape index (κ1) is 12.6. The Labute approximate surface area is 120 Å². The van der Waals surface area contributed by atoms with E-state index in [4.69, 9.17) is 5.73 Å². The van der Waals surface area contributed by atoms with Crippen LogP contribution in [0.15, 0.2) is 60.2 Å². The van der Waals surface area contributed by atoms with Crippen LogP contribution in [-0.2, 0) is 0 Å². The Morgan fingerprint density at radius 3 is 2.50 bits per heavy atom. The molecule has 0 spiro atoms. The van der Waals surface area contributed by atoms with E-state index in [1.807, 2.05) is 41.8 Å². The van der Waals surface area contributed by atoms with E-state index >= 15 is 0 Å². The molecule has 20 heavy (non-hydrogen) atoms. The molecule has 0 radical (unpaired) electrons. The van der Waals surface area contributed by atoms with Gasteiger partial charge in [0.1, 0.15) is 0 Å². The summed E-state index contributed by atoms with van der Waals surface area (Å²) in [5.41, 5.74) is 8.88. The molecule has 2 heterocycles. The van der Waals surface area contributed by atoms with Crippen LogP contribution in [0.3, 0.4) is 0 Å². The standard InChI is InChI=1S/C16H12N2OS/c17-16(19)13-4-1-3-12(14-5-2-10-20-14)15(13)11-6-8-18-9-7-11/h1-10H,(H2,17,19). The summed E-state index contributed by atoms with van der Waals surface area (Å²) in [6.45, 7) is 0. The number of carbonyl (C=O) groups is 1. The molecule has 0 saturated heterocycles. The number of benzene rings is 1. The second-order valence-corrected chi connectivity index (χ2v) is 5.25. The summed E-state index contributed by atoms with van der Waals surface area (Å²) in [4.78, 5) is 16.9. The van der Waals surface area contributed by atoms with E-state index < -0.39 is 5.91 Å². The first-order valence-electron chi connectivity index (χ1n) is 6.14. The van der Waals surface area contributed by atoms with Gasteiger partial charge in [0.25, 0.3) is 0 Å². The Kier molecular flexibility index (Phi) is 3.31. The van der Waals surface area contributed by atoms with Crippen LogP contribution in [0.4, 0.5) is 0 Å². The number of primary amides is 1. The number of pyridine rings is 1. The molecule has 0 aliphatic carbocycles. The SMILES string of the molecule is NC(=O)c1cccc(-c2cccs2)c1-c1ccncc1. The minimum Gasteiger partial charge on any atom is -0.366 e. The van der Waals surface area contributed by atoms with E-state index in [9.17, 15) is 4.79 Å². The third-order valence-electron chi connectivity index (χ3n) is 3.09. The van der Waals surface area contributed by atoms with E-state index in [1.54, 1.807) is 29.8 Å². The molecule has 0 bridgehead atoms. The molecule has 0 aliphatic rings. The van der Waals surface area contributed by atoms with E-state index in [0.717, 1.165) is 21.6 Å². The fraction of sp³-hybridized carbons (Fsp3) is 0. The fourth-order valence-corrected chi connectivity index (χ4v) is 2.98. The minimum absolute atomic E-state index is 0.421. The highest BCUT2D eigenvalue weighted by Crippen LogP contribution is 2.36. The Hall–Kier alpha value is -2.46. The Morgan fingerprint density at radius 2 is 1.85 bits per heavy atom. The molecular formula is C16H12N2OS. The number of rotatable bonds is 3. The third-order valence-corrected chi connectivity index (χ3v) is 3.99. The molecule has 1 amide bonds. The lowest BCUT2D eigenvalue weighted by Gasteiger charge is -2.12. The number of nitrogens with zero attached hydrogens (tertiary/aromatic N) is 1. The van der Waals surface area contributed by atoms with Crippen molar-refractivity contribution in [3.63, 3.8) is 0 Å². The first-order valence-corrected chi connectivity index (χ1v) is 7.02. The topological polar surface area (TPSA) is 56.0 Å². The molecule has 3 aromatic rings. The van der Waals surface area contributed by atoms with Crippen molar-refractivity contribution in [1.82, 2.24) is 4.98 Å². The zero-order valence-corrected chi connectivity index (χ0v) is 11.4. The van der Waals surface area contributed by atoms with Gasteiger partial charge in [-0.15, -0.1) is 11.3 Å². The molecule has 0 aliphatic heterocycles. The van der Waals surface area contributed by atoms with Gasteiger partial charge in [-0.05, 0) is 35.2 Å². The molecule has 3 rings (SSSR count). The molecule has 0 atom stereocenters. The monoisotopic (exact) mass is 280 g/mol. The van der Waals surface area contributed by atoms with Crippen molar-refractivity contribution in [3.05, 3.63) is 65.8 Å². The van der Waals surface area contributed by atoms with Crippen LogP contribution in [-0.4, -0.2) is 10.9 Å². The highest BCUT2D eigenvalue weighted by atomic mass is 32.1. The van der Waals surface area contributed by atoms with Gasteiger partial charge in [0.15, 0.2) is 0 Å². The summed E-state index contributed by atoms with van der Waals surface area (Å²) < 4.78 is 0. The number of hydrogen-bond acceptors (Lipinski definition) is 3. The smallest absolute Gasteiger partial charge is 0.249 e. The summed E-state index contributed by atoms with van der Waals surface area (Å²) in [7, 11) is 0. The van der Waals surface area contributed by atoms with Gasteiger partial charge in [0.2, 0.25) is 5.91 Å². The highest BCUT2D eigenvalue weighted by molar-refractivity contribution is 7.13. The van der Waals surface area contributed by atoms with Crippen LogP contribution >= 0.6 is 11.3 Å². The number of nitrogens with two attached hydrogens (primary N) is 1. The molecule has 1 aromatic carbocycles. The van der Waals surface area contributed by atoms with Gasteiger partial charge in [-0.1, -0.05) is 18.2 Å². The molecule has 0 unspecified atom stereocenters. The number of amides is 1. The lowest BCUT2D eigenvalue weighted by atomic mass is 9.94. The highest BCUT2D eigenvalue weighted by Gasteiger charge is 2.15. The van der Waals surface area contributed by atoms with Crippen LogP contribution < -0.4 is 5.73 Å². The normalized spacial score (nSPS) is 10.4. The molecule has 0 saturated carbocycles. The van der Waals surface area contributed by atoms with Crippen LogP contribution in [0, 0.1) is 0 Å². The lowest BCUT2D eigenvalue weighted by molar-refractivity contribution is 0.100. The number of thiophene rings is 1. The average Bonchev–Trinajstić information content (AvgIpc) is 3.01. The molecule has 4 heteroatoms. The van der Waals surface area contributed by atoms with Gasteiger partial charge in [0, 0.05) is 34.0 Å². The van der Waals surface area contributed by atoms with Crippen molar-refractivity contribution < 1.29 is 4.79 Å². The largest absolute Gasteiger partial charge is 0.366 e. The molecule has 2 aromatic heterocycles. The van der Waals surface area contributed by atoms with Gasteiger partial charge in [0.05, 0.1) is 0 Å². The maximum Gasteiger partial charge on any atom is 0.249 e. The summed E-state index contributed by atoms with van der Waals surface area (Å²) in [5.74, 6) is -0.421. The zero-order valence-electron chi connectivity index (χ0n) is 10.6. The van der Waals surface area contributed by atoms with Crippen molar-refractivity contribution in [2.24, 2.45) is 5.73 Å².